The Morgan fingerprint density at radius 3 is 2.00 bits per heavy atom. The van der Waals surface area contributed by atoms with Crippen LogP contribution in [0.2, 0.25) is 0 Å². The molecular formula is C19H24F6N4O7S. The SMILES string of the molecule is CCS(=O)(=O)N1CCC2(CN(c3cccnc3)C(=O)CN2C)C1.O=C(O)C(F)(F)F.O=C(O)C(F)(F)F. The number of aliphatic carboxylic acids is 2. The molecule has 2 fully saturated rings. The third-order valence-electron chi connectivity index (χ3n) is 5.43. The van der Waals surface area contributed by atoms with Crippen molar-refractivity contribution in [2.45, 2.75) is 31.2 Å². The van der Waals surface area contributed by atoms with E-state index in [-0.39, 0.29) is 23.7 Å². The van der Waals surface area contributed by atoms with Gasteiger partial charge in [0.05, 0.1) is 29.7 Å². The van der Waals surface area contributed by atoms with Crippen molar-refractivity contribution in [3.8, 4) is 0 Å². The molecule has 0 aromatic carbocycles. The van der Waals surface area contributed by atoms with Crippen LogP contribution in [0.4, 0.5) is 32.0 Å². The highest BCUT2D eigenvalue weighted by Crippen LogP contribution is 2.34. The fourth-order valence-corrected chi connectivity index (χ4v) is 4.56. The molecule has 11 nitrogen and oxygen atoms in total. The van der Waals surface area contributed by atoms with Gasteiger partial charge in [-0.2, -0.15) is 30.6 Å². The van der Waals surface area contributed by atoms with Crippen LogP contribution < -0.4 is 4.90 Å². The number of hydrogen-bond donors (Lipinski definition) is 2. The van der Waals surface area contributed by atoms with Crippen LogP contribution in [0.5, 0.6) is 0 Å². The van der Waals surface area contributed by atoms with Crippen molar-refractivity contribution in [2.24, 2.45) is 0 Å². The Morgan fingerprint density at radius 2 is 1.59 bits per heavy atom. The van der Waals surface area contributed by atoms with E-state index in [1.54, 1.807) is 34.6 Å². The Balaban J connectivity index is 0.000000404. The molecule has 0 bridgehead atoms. The Labute approximate surface area is 207 Å². The normalized spacial score (nSPS) is 21.1. The van der Waals surface area contributed by atoms with Crippen LogP contribution in [0.15, 0.2) is 24.5 Å². The topological polar surface area (TPSA) is 148 Å². The Kier molecular flexibility index (Phi) is 10.4. The van der Waals surface area contributed by atoms with Crippen molar-refractivity contribution < 1.29 is 59.4 Å². The fourth-order valence-electron chi connectivity index (χ4n) is 3.39. The van der Waals surface area contributed by atoms with E-state index >= 15 is 0 Å². The molecular weight excluding hydrogens is 542 g/mol. The first-order valence-electron chi connectivity index (χ1n) is 10.3. The summed E-state index contributed by atoms with van der Waals surface area (Å²) >= 11 is 0. The highest BCUT2D eigenvalue weighted by atomic mass is 32.2. The first-order chi connectivity index (χ1) is 16.8. The molecule has 1 spiro atoms. The zero-order valence-electron chi connectivity index (χ0n) is 19.5. The predicted molar refractivity (Wildman–Crippen MR) is 115 cm³/mol. The third kappa shape index (κ3) is 8.81. The van der Waals surface area contributed by atoms with Crippen molar-refractivity contribution in [2.75, 3.05) is 43.9 Å². The number of rotatable bonds is 3. The molecule has 18 heteroatoms. The van der Waals surface area contributed by atoms with Gasteiger partial charge in [0.2, 0.25) is 15.9 Å². The van der Waals surface area contributed by atoms with E-state index in [4.69, 9.17) is 19.8 Å². The number of amides is 1. The molecule has 3 rings (SSSR count). The van der Waals surface area contributed by atoms with E-state index in [1.165, 1.54) is 0 Å². The van der Waals surface area contributed by atoms with Crippen LogP contribution in [0.1, 0.15) is 13.3 Å². The molecule has 37 heavy (non-hydrogen) atoms. The van der Waals surface area contributed by atoms with Crippen LogP contribution in [-0.4, -0.2) is 108 Å². The van der Waals surface area contributed by atoms with E-state index < -0.39 is 34.3 Å². The predicted octanol–water partition coefficient (Wildman–Crippen LogP) is 1.42. The van der Waals surface area contributed by atoms with E-state index in [1.807, 2.05) is 18.0 Å². The van der Waals surface area contributed by atoms with Crippen molar-refractivity contribution in [1.82, 2.24) is 14.2 Å². The van der Waals surface area contributed by atoms with Crippen molar-refractivity contribution >= 4 is 33.6 Å². The molecule has 2 aliphatic heterocycles. The maximum absolute atomic E-state index is 12.4. The summed E-state index contributed by atoms with van der Waals surface area (Å²) < 4.78 is 89.4. The molecule has 2 aliphatic rings. The van der Waals surface area contributed by atoms with E-state index in [0.29, 0.717) is 19.6 Å². The molecule has 210 valence electrons. The van der Waals surface area contributed by atoms with Crippen molar-refractivity contribution in [3.05, 3.63) is 24.5 Å². The second-order valence-corrected chi connectivity index (χ2v) is 10.1. The van der Waals surface area contributed by atoms with Crippen LogP contribution >= 0.6 is 0 Å². The Hall–Kier alpha value is -2.99. The average Bonchev–Trinajstić information content (AvgIpc) is 3.23. The summed E-state index contributed by atoms with van der Waals surface area (Å²) in [6.07, 6.45) is -6.09. The number of carboxylic acids is 2. The summed E-state index contributed by atoms with van der Waals surface area (Å²) in [7, 11) is -1.30. The monoisotopic (exact) mass is 566 g/mol. The van der Waals surface area contributed by atoms with Gasteiger partial charge in [0, 0.05) is 25.8 Å². The number of anilines is 1. The van der Waals surface area contributed by atoms with Crippen molar-refractivity contribution in [1.29, 1.82) is 0 Å². The van der Waals surface area contributed by atoms with Gasteiger partial charge in [0.15, 0.2) is 0 Å². The summed E-state index contributed by atoms with van der Waals surface area (Å²) in [5, 5.41) is 14.2. The molecule has 0 saturated carbocycles. The molecule has 0 radical (unpaired) electrons. The highest BCUT2D eigenvalue weighted by molar-refractivity contribution is 7.89. The number of halogens is 6. The number of carbonyl (C=O) groups excluding carboxylic acids is 1. The van der Waals surface area contributed by atoms with Gasteiger partial charge in [0.1, 0.15) is 0 Å². The standard InChI is InChI=1S/C15H22N4O3S.2C2HF3O2/c1-3-23(21,22)18-8-6-15(11-18)12-19(14(20)10-17(15)2)13-5-4-7-16-9-13;2*3-2(4,5)1(6)7/h4-5,7,9H,3,6,8,10-12H2,1-2H3;2*(H,6,7). The summed E-state index contributed by atoms with van der Waals surface area (Å²) in [6, 6.07) is 3.66. The van der Waals surface area contributed by atoms with Crippen LogP contribution in [0.3, 0.4) is 0 Å². The van der Waals surface area contributed by atoms with Gasteiger partial charge in [-0.25, -0.2) is 18.0 Å². The lowest BCUT2D eigenvalue weighted by Crippen LogP contribution is -2.64. The summed E-state index contributed by atoms with van der Waals surface area (Å²) in [5.74, 6) is -5.39. The number of alkyl halides is 6. The summed E-state index contributed by atoms with van der Waals surface area (Å²) in [6.45, 7) is 3.38. The zero-order valence-corrected chi connectivity index (χ0v) is 20.3. The lowest BCUT2D eigenvalue weighted by atomic mass is 9.93. The van der Waals surface area contributed by atoms with E-state index in [9.17, 15) is 39.6 Å². The van der Waals surface area contributed by atoms with Gasteiger partial charge < -0.3 is 15.1 Å². The summed E-state index contributed by atoms with van der Waals surface area (Å²) in [4.78, 5) is 38.0. The van der Waals surface area contributed by atoms with Gasteiger partial charge in [-0.15, -0.1) is 0 Å². The minimum absolute atomic E-state index is 0.0166. The molecule has 1 atom stereocenters. The second kappa shape index (κ2) is 12.0. The van der Waals surface area contributed by atoms with E-state index in [2.05, 4.69) is 4.98 Å². The molecule has 1 amide bonds. The largest absolute Gasteiger partial charge is 0.490 e. The lowest BCUT2D eigenvalue weighted by Gasteiger charge is -2.46. The number of likely N-dealkylation sites (N-methyl/N-ethyl adjacent to an activating group) is 1. The third-order valence-corrected chi connectivity index (χ3v) is 7.26. The molecule has 1 aromatic heterocycles. The Morgan fingerprint density at radius 1 is 1.08 bits per heavy atom. The maximum atomic E-state index is 12.4. The number of carbonyl (C=O) groups is 3. The van der Waals surface area contributed by atoms with Crippen LogP contribution in [0, 0.1) is 0 Å². The first kappa shape index (κ1) is 32.0. The van der Waals surface area contributed by atoms with Crippen LogP contribution in [0.25, 0.3) is 0 Å². The first-order valence-corrected chi connectivity index (χ1v) is 11.9. The molecule has 0 aliphatic carbocycles. The van der Waals surface area contributed by atoms with Gasteiger partial charge in [-0.3, -0.25) is 14.7 Å². The minimum Gasteiger partial charge on any atom is -0.475 e. The minimum atomic E-state index is -5.08. The maximum Gasteiger partial charge on any atom is 0.490 e. The molecule has 1 aromatic rings. The molecule has 1 unspecified atom stereocenters. The highest BCUT2D eigenvalue weighted by Gasteiger charge is 2.49. The number of sulfonamides is 1. The van der Waals surface area contributed by atoms with Crippen LogP contribution in [-0.2, 0) is 24.4 Å². The number of piperazine rings is 1. The van der Waals surface area contributed by atoms with Gasteiger partial charge in [-0.1, -0.05) is 0 Å². The van der Waals surface area contributed by atoms with Gasteiger partial charge in [-0.05, 0) is 32.5 Å². The summed E-state index contributed by atoms with van der Waals surface area (Å²) in [5.41, 5.74) is 0.438. The second-order valence-electron chi connectivity index (χ2n) is 7.86. The Bertz CT molecular complexity index is 1040. The lowest BCUT2D eigenvalue weighted by molar-refractivity contribution is -0.193. The molecule has 2 saturated heterocycles. The number of nitrogens with zero attached hydrogens (tertiary/aromatic N) is 4. The van der Waals surface area contributed by atoms with E-state index in [0.717, 1.165) is 12.1 Å². The fraction of sp³-hybridized carbons (Fsp3) is 0.579. The number of aromatic nitrogens is 1. The quantitative estimate of drug-likeness (QED) is 0.519. The zero-order chi connectivity index (χ0) is 28.8. The number of pyridine rings is 1. The van der Waals surface area contributed by atoms with Crippen molar-refractivity contribution in [3.63, 3.8) is 0 Å². The average molecular weight is 566 g/mol. The molecule has 2 N–H and O–H groups in total. The smallest absolute Gasteiger partial charge is 0.475 e. The molecule has 3 heterocycles. The van der Waals surface area contributed by atoms with Gasteiger partial charge in [0.25, 0.3) is 0 Å². The van der Waals surface area contributed by atoms with Gasteiger partial charge >= 0.3 is 24.3 Å². The number of carboxylic acid groups (broad SMARTS) is 2. The number of hydrogen-bond acceptors (Lipinski definition) is 7.